The number of rotatable bonds is 10. The van der Waals surface area contributed by atoms with Gasteiger partial charge in [0.1, 0.15) is 17.3 Å². The van der Waals surface area contributed by atoms with Gasteiger partial charge in [0.05, 0.1) is 40.6 Å². The average Bonchev–Trinajstić information content (AvgIpc) is 4.19. The van der Waals surface area contributed by atoms with Crippen LogP contribution in [0.1, 0.15) is 87.2 Å². The van der Waals surface area contributed by atoms with Crippen LogP contribution in [0.3, 0.4) is 0 Å². The molecule has 5 heteroatoms. The number of nitrogens with zero attached hydrogens (tertiary/aromatic N) is 4. The van der Waals surface area contributed by atoms with Gasteiger partial charge < -0.3 is 4.74 Å². The van der Waals surface area contributed by atoms with Gasteiger partial charge in [-0.3, -0.25) is 4.57 Å². The van der Waals surface area contributed by atoms with E-state index in [0.29, 0.717) is 28.6 Å². The molecule has 10 aromatic rings. The van der Waals surface area contributed by atoms with Gasteiger partial charge in [0.2, 0.25) is 11.4 Å². The molecule has 1 aliphatic rings. The minimum Gasteiger partial charge on any atom is -0.457 e. The smallest absolute Gasteiger partial charge is 0.457 e. The van der Waals surface area contributed by atoms with Gasteiger partial charge in [0, 0.05) is 43.5 Å². The fraction of sp³-hybridized carbons (Fsp3) is 0.182. The molecule has 0 aliphatic carbocycles. The molecular weight excluding hydrogens is 865 g/mol. The Kier molecular flexibility index (Phi) is 8.68. The van der Waals surface area contributed by atoms with E-state index < -0.39 is 60.0 Å². The molecule has 8 aromatic carbocycles. The second kappa shape index (κ2) is 18.0. The van der Waals surface area contributed by atoms with Crippen LogP contribution in [0.5, 0.6) is 11.5 Å². The minimum absolute atomic E-state index is 0.0490. The summed E-state index contributed by atoms with van der Waals surface area (Å²) in [5, 5.41) is 2.06. The van der Waals surface area contributed by atoms with Crippen LogP contribution in [0.15, 0.2) is 200 Å². The Morgan fingerprint density at radius 1 is 0.577 bits per heavy atom. The van der Waals surface area contributed by atoms with Crippen molar-refractivity contribution in [1.29, 1.82) is 0 Å². The summed E-state index contributed by atoms with van der Waals surface area (Å²) in [5.74, 6) is 1.23. The maximum atomic E-state index is 9.67. The van der Waals surface area contributed by atoms with Crippen molar-refractivity contribution in [2.75, 3.05) is 0 Å². The first-order chi connectivity index (χ1) is 38.8. The maximum absolute atomic E-state index is 9.67. The average molecular weight is 936 g/mol. The second-order valence-electron chi connectivity index (χ2n) is 20.3. The van der Waals surface area contributed by atoms with Crippen LogP contribution in [-0.2, 0) is 17.2 Å². The van der Waals surface area contributed by atoms with Crippen LogP contribution in [0.25, 0.3) is 61.0 Å². The topological polar surface area (TPSA) is 33.1 Å². The lowest BCUT2D eigenvalue weighted by molar-refractivity contribution is 0.479. The Morgan fingerprint density at radius 3 is 2.06 bits per heavy atom. The Hall–Kier alpha value is -8.11. The Balaban J connectivity index is 1.18. The molecule has 0 saturated carbocycles. The number of fused-ring (bicyclic) bond motifs is 4. The second-order valence-corrected chi connectivity index (χ2v) is 20.3. The van der Waals surface area contributed by atoms with E-state index in [4.69, 9.17) is 16.6 Å². The molecule has 0 spiro atoms. The van der Waals surface area contributed by atoms with Crippen LogP contribution >= 0.6 is 0 Å². The molecule has 348 valence electrons. The summed E-state index contributed by atoms with van der Waals surface area (Å²) in [4.78, 5) is 4.95. The molecule has 0 amide bonds. The lowest BCUT2D eigenvalue weighted by Gasteiger charge is -2.20. The number of hydrogen-bond donors (Lipinski definition) is 0. The molecule has 0 bridgehead atoms. The third-order valence-corrected chi connectivity index (χ3v) is 12.9. The standard InChI is InChI=1S/C66H60N4O/c1-44(2)36-49-26-18-29-60-63(49)69(64-55(46-22-14-10-15-23-46)27-19-28-56(64)47-24-16-11-17-25-47)43-68(60)52-38-51(66(6,7)8)39-54(41-52)71-53-31-32-57-58-37-48(45-20-12-9-13-21-45)30-33-59(58)70(61(57)42-53)62-40-50(34-35-67-62)65(3,4)5/h9-35,37-42,44H,36H2,1-8H3/q+2/i10D,11D,14D,15D,16D,22D,23D,24D,25D,36D2. The Morgan fingerprint density at radius 2 is 1.31 bits per heavy atom. The van der Waals surface area contributed by atoms with Crippen molar-refractivity contribution < 1.29 is 19.8 Å². The van der Waals surface area contributed by atoms with Gasteiger partial charge in [-0.05, 0) is 120 Å². The summed E-state index contributed by atoms with van der Waals surface area (Å²) >= 11 is 0. The summed E-state index contributed by atoms with van der Waals surface area (Å²) in [6.45, 7) is 16.4. The highest BCUT2D eigenvalue weighted by molar-refractivity contribution is 6.11. The molecule has 0 saturated heterocycles. The van der Waals surface area contributed by atoms with E-state index in [9.17, 15) is 8.22 Å². The summed E-state index contributed by atoms with van der Waals surface area (Å²) in [6, 6.07) is 43.6. The lowest BCUT2D eigenvalue weighted by Crippen LogP contribution is -2.12. The zero-order valence-corrected chi connectivity index (χ0v) is 41.1. The quantitative estimate of drug-likeness (QED) is 0.128. The van der Waals surface area contributed by atoms with E-state index in [1.807, 2.05) is 60.8 Å². The van der Waals surface area contributed by atoms with E-state index in [1.165, 1.54) is 6.07 Å². The van der Waals surface area contributed by atoms with Gasteiger partial charge in [-0.15, -0.1) is 0 Å². The first-order valence-corrected chi connectivity index (χ1v) is 24.0. The molecule has 71 heavy (non-hydrogen) atoms. The number of hydrogen-bond acceptors (Lipinski definition) is 2. The maximum Gasteiger partial charge on any atom is 0.503 e. The molecule has 5 nitrogen and oxygen atoms in total. The van der Waals surface area contributed by atoms with E-state index in [1.54, 1.807) is 53.3 Å². The number of aromatic nitrogens is 2. The van der Waals surface area contributed by atoms with Gasteiger partial charge >= 0.3 is 11.7 Å². The number of para-hydroxylation sites is 2. The van der Waals surface area contributed by atoms with Crippen molar-refractivity contribution in [2.45, 2.75) is 72.6 Å². The first-order valence-electron chi connectivity index (χ1n) is 29.5. The largest absolute Gasteiger partial charge is 0.503 e. The number of benzene rings is 8. The highest BCUT2D eigenvalue weighted by Gasteiger charge is 2.42. The zero-order chi connectivity index (χ0) is 58.6. The van der Waals surface area contributed by atoms with Crippen LogP contribution in [0.4, 0.5) is 22.7 Å². The van der Waals surface area contributed by atoms with Crippen molar-refractivity contribution in [3.63, 3.8) is 0 Å². The van der Waals surface area contributed by atoms with E-state index in [0.717, 1.165) is 49.9 Å². The highest BCUT2D eigenvalue weighted by Crippen LogP contribution is 2.47. The minimum atomic E-state index is -2.00. The number of pyridine rings is 1. The Bertz CT molecular complexity index is 4350. The lowest BCUT2D eigenvalue weighted by atomic mass is 9.86. The van der Waals surface area contributed by atoms with Gasteiger partial charge in [0.25, 0.3) is 5.69 Å². The normalized spacial score (nSPS) is 15.0. The zero-order valence-electron chi connectivity index (χ0n) is 52.1. The molecule has 0 radical (unpaired) electrons. The summed E-state index contributed by atoms with van der Waals surface area (Å²) in [5.41, 5.74) is 7.24. The third-order valence-electron chi connectivity index (χ3n) is 12.9. The molecule has 0 atom stereocenters. The van der Waals surface area contributed by atoms with E-state index in [2.05, 4.69) is 101 Å². The fourth-order valence-electron chi connectivity index (χ4n) is 9.40. The molecule has 3 heterocycles. The molecule has 0 fully saturated rings. The van der Waals surface area contributed by atoms with Gasteiger partial charge in [-0.2, -0.15) is 0 Å². The van der Waals surface area contributed by atoms with Crippen molar-refractivity contribution in [3.05, 3.63) is 217 Å². The molecule has 0 unspecified atom stereocenters. The van der Waals surface area contributed by atoms with Gasteiger partial charge in [0.15, 0.2) is 0 Å². The van der Waals surface area contributed by atoms with Crippen LogP contribution in [0.2, 0.25) is 0 Å². The number of ether oxygens (including phenoxy) is 1. The molecular formula is C66H60N4O+2. The van der Waals surface area contributed by atoms with E-state index >= 15 is 0 Å². The third kappa shape index (κ3) is 8.68. The van der Waals surface area contributed by atoms with Crippen LogP contribution in [0, 0.1) is 5.92 Å². The molecule has 0 N–H and O–H groups in total. The molecule has 2 aromatic heterocycles. The van der Waals surface area contributed by atoms with Crippen molar-refractivity contribution in [1.82, 2.24) is 18.7 Å². The first kappa shape index (κ1) is 34.2. The highest BCUT2D eigenvalue weighted by atomic mass is 16.5. The molecule has 11 rings (SSSR count). The van der Waals surface area contributed by atoms with Crippen molar-refractivity contribution in [3.8, 4) is 50.7 Å². The summed E-state index contributed by atoms with van der Waals surface area (Å²) in [7, 11) is 0. The monoisotopic (exact) mass is 936 g/mol. The SMILES string of the molecule is [2H]c1cc([2H])c(-c2cccc(-c3c([2H])c([2H])c([2H])c([2H])c3[2H])c2[N+]2=C=[N+](c3cc(Oc4ccc5c6cc(-c7ccccc7)ccc6n(-c6cc(C(C)(C)C)ccn6)c5c4)cc(C(C)(C)C)c3)c3cccc(C([2H])([2H])C(C)C)c32)c([2H])c1[2H]. The fourth-order valence-corrected chi connectivity index (χ4v) is 9.40. The van der Waals surface area contributed by atoms with Crippen LogP contribution < -0.4 is 13.9 Å². The summed E-state index contributed by atoms with van der Waals surface area (Å²) in [6.07, 6.45) is -0.139. The predicted molar refractivity (Wildman–Crippen MR) is 298 cm³/mol. The molecule has 1 aliphatic heterocycles. The van der Waals surface area contributed by atoms with Gasteiger partial charge in [-0.1, -0.05) is 170 Å². The summed E-state index contributed by atoms with van der Waals surface area (Å²) < 4.78 is 112. The Labute approximate surface area is 433 Å². The predicted octanol–water partition coefficient (Wildman–Crippen LogP) is 17.6. The van der Waals surface area contributed by atoms with Crippen molar-refractivity contribution >= 4 is 50.6 Å². The van der Waals surface area contributed by atoms with E-state index in [-0.39, 0.29) is 51.0 Å². The van der Waals surface area contributed by atoms with Crippen molar-refractivity contribution in [2.24, 2.45) is 5.92 Å². The van der Waals surface area contributed by atoms with Crippen LogP contribution in [-0.4, -0.2) is 15.6 Å². The van der Waals surface area contributed by atoms with Gasteiger partial charge in [-0.25, -0.2) is 4.98 Å².